The fourth-order valence-corrected chi connectivity index (χ4v) is 2.95. The van der Waals surface area contributed by atoms with Crippen molar-refractivity contribution in [3.8, 4) is 0 Å². The van der Waals surface area contributed by atoms with E-state index in [2.05, 4.69) is 5.32 Å². The number of piperidine rings is 1. The highest BCUT2D eigenvalue weighted by atomic mass is 16.2. The van der Waals surface area contributed by atoms with Crippen molar-refractivity contribution in [2.45, 2.75) is 39.2 Å². The number of hydrogen-bond donors (Lipinski definition) is 1. The summed E-state index contributed by atoms with van der Waals surface area (Å²) in [6.45, 7) is 5.08. The van der Waals surface area contributed by atoms with Gasteiger partial charge in [-0.1, -0.05) is 24.1 Å². The summed E-state index contributed by atoms with van der Waals surface area (Å²) in [4.78, 5) is 26.5. The number of aryl methyl sites for hydroxylation is 2. The van der Waals surface area contributed by atoms with Crippen LogP contribution in [0.2, 0.25) is 0 Å². The van der Waals surface area contributed by atoms with Gasteiger partial charge in [0.05, 0.1) is 12.6 Å². The van der Waals surface area contributed by atoms with Gasteiger partial charge in [0.2, 0.25) is 5.91 Å². The second kappa shape index (κ2) is 6.85. The van der Waals surface area contributed by atoms with Crippen LogP contribution in [-0.2, 0) is 4.79 Å². The number of likely N-dealkylation sites (tertiary alicyclic amines) is 1. The molecule has 0 aliphatic carbocycles. The smallest absolute Gasteiger partial charge is 0.237 e. The lowest BCUT2D eigenvalue weighted by Crippen LogP contribution is -2.50. The van der Waals surface area contributed by atoms with Crippen molar-refractivity contribution in [2.24, 2.45) is 0 Å². The summed E-state index contributed by atoms with van der Waals surface area (Å²) < 4.78 is 0. The molecule has 0 spiro atoms. The Hall–Kier alpha value is -1.68. The van der Waals surface area contributed by atoms with E-state index in [1.54, 1.807) is 7.05 Å². The number of Topliss-reactive ketones (excluding diaryl/α,β-unsaturated/α-hetero) is 1. The summed E-state index contributed by atoms with van der Waals surface area (Å²) in [5, 5.41) is 2.71. The maximum absolute atomic E-state index is 12.6. The summed E-state index contributed by atoms with van der Waals surface area (Å²) in [5.41, 5.74) is 2.86. The zero-order valence-electron chi connectivity index (χ0n) is 13.1. The van der Waals surface area contributed by atoms with Gasteiger partial charge in [-0.3, -0.25) is 14.5 Å². The largest absolute Gasteiger partial charge is 0.358 e. The van der Waals surface area contributed by atoms with Crippen molar-refractivity contribution >= 4 is 11.7 Å². The van der Waals surface area contributed by atoms with Gasteiger partial charge in [-0.15, -0.1) is 0 Å². The summed E-state index contributed by atoms with van der Waals surface area (Å²) in [5.74, 6) is 0.121. The average molecular weight is 288 g/mol. The molecule has 0 bridgehead atoms. The minimum atomic E-state index is -0.169. The Kier molecular flexibility index (Phi) is 5.12. The van der Waals surface area contributed by atoms with Gasteiger partial charge in [-0.25, -0.2) is 0 Å². The summed E-state index contributed by atoms with van der Waals surface area (Å²) >= 11 is 0. The monoisotopic (exact) mass is 288 g/mol. The number of nitrogens with zero attached hydrogens (tertiary/aromatic N) is 1. The predicted molar refractivity (Wildman–Crippen MR) is 83.5 cm³/mol. The predicted octanol–water partition coefficient (Wildman–Crippen LogP) is 2.09. The molecule has 114 valence electrons. The molecular formula is C17H24N2O2. The number of rotatable bonds is 4. The summed E-state index contributed by atoms with van der Waals surface area (Å²) in [7, 11) is 1.65. The van der Waals surface area contributed by atoms with Crippen LogP contribution in [0.15, 0.2) is 18.2 Å². The van der Waals surface area contributed by atoms with Crippen LogP contribution in [0.1, 0.15) is 40.7 Å². The zero-order valence-corrected chi connectivity index (χ0v) is 13.1. The van der Waals surface area contributed by atoms with Gasteiger partial charge in [0.15, 0.2) is 5.78 Å². The molecule has 4 nitrogen and oxygen atoms in total. The second-order valence-electron chi connectivity index (χ2n) is 5.84. The highest BCUT2D eigenvalue weighted by Gasteiger charge is 2.29. The molecule has 1 atom stereocenters. The average Bonchev–Trinajstić information content (AvgIpc) is 2.49. The van der Waals surface area contributed by atoms with Gasteiger partial charge in [0.25, 0.3) is 0 Å². The Balaban J connectivity index is 2.13. The number of carbonyl (C=O) groups is 2. The summed E-state index contributed by atoms with van der Waals surface area (Å²) in [6.07, 6.45) is 2.93. The highest BCUT2D eigenvalue weighted by Crippen LogP contribution is 2.19. The van der Waals surface area contributed by atoms with Crippen LogP contribution >= 0.6 is 0 Å². The normalized spacial score (nSPS) is 19.3. The fraction of sp³-hybridized carbons (Fsp3) is 0.529. The van der Waals surface area contributed by atoms with Gasteiger partial charge < -0.3 is 5.32 Å². The maximum atomic E-state index is 12.6. The molecule has 1 aromatic carbocycles. The quantitative estimate of drug-likeness (QED) is 0.863. The molecule has 1 amide bonds. The van der Waals surface area contributed by atoms with Crippen molar-refractivity contribution in [3.05, 3.63) is 34.9 Å². The number of nitrogens with one attached hydrogen (secondary N) is 1. The Labute approximate surface area is 126 Å². The lowest BCUT2D eigenvalue weighted by Gasteiger charge is -2.33. The minimum Gasteiger partial charge on any atom is -0.358 e. The standard InChI is InChI=1S/C17H24N2O2/c1-12-7-8-13(2)14(10-12)16(20)11-19-9-5-4-6-15(19)17(21)18-3/h7-8,10,15H,4-6,9,11H2,1-3H3,(H,18,21). The number of ketones is 1. The van der Waals surface area contributed by atoms with Crippen molar-refractivity contribution in [2.75, 3.05) is 20.1 Å². The van der Waals surface area contributed by atoms with Crippen LogP contribution in [0.3, 0.4) is 0 Å². The van der Waals surface area contributed by atoms with Gasteiger partial charge in [-0.2, -0.15) is 0 Å². The lowest BCUT2D eigenvalue weighted by molar-refractivity contribution is -0.126. The van der Waals surface area contributed by atoms with Crippen LogP contribution in [-0.4, -0.2) is 42.8 Å². The Bertz CT molecular complexity index is 540. The topological polar surface area (TPSA) is 49.4 Å². The molecule has 4 heteroatoms. The first-order valence-electron chi connectivity index (χ1n) is 7.59. The van der Waals surface area contributed by atoms with Crippen molar-refractivity contribution in [1.29, 1.82) is 0 Å². The number of amides is 1. The van der Waals surface area contributed by atoms with Gasteiger partial charge >= 0.3 is 0 Å². The fourth-order valence-electron chi connectivity index (χ4n) is 2.95. The summed E-state index contributed by atoms with van der Waals surface area (Å²) in [6, 6.07) is 5.77. The van der Waals surface area contributed by atoms with Crippen LogP contribution in [0.25, 0.3) is 0 Å². The third-order valence-electron chi connectivity index (χ3n) is 4.20. The number of likely N-dealkylation sites (N-methyl/N-ethyl adjacent to an activating group) is 1. The van der Waals surface area contributed by atoms with Crippen LogP contribution in [0, 0.1) is 13.8 Å². The molecule has 1 unspecified atom stereocenters. The van der Waals surface area contributed by atoms with E-state index >= 15 is 0 Å². The molecule has 1 aliphatic rings. The molecular weight excluding hydrogens is 264 g/mol. The van der Waals surface area contributed by atoms with E-state index in [4.69, 9.17) is 0 Å². The van der Waals surface area contributed by atoms with E-state index < -0.39 is 0 Å². The van der Waals surface area contributed by atoms with Gasteiger partial charge in [0.1, 0.15) is 0 Å². The third-order valence-corrected chi connectivity index (χ3v) is 4.20. The number of carbonyl (C=O) groups excluding carboxylic acids is 2. The SMILES string of the molecule is CNC(=O)C1CCCCN1CC(=O)c1cc(C)ccc1C. The Morgan fingerprint density at radius 1 is 1.29 bits per heavy atom. The second-order valence-corrected chi connectivity index (χ2v) is 5.84. The van der Waals surface area contributed by atoms with E-state index in [1.165, 1.54) is 0 Å². The van der Waals surface area contributed by atoms with E-state index in [1.807, 2.05) is 36.9 Å². The molecule has 2 rings (SSSR count). The molecule has 1 aliphatic heterocycles. The molecule has 1 aromatic rings. The van der Waals surface area contributed by atoms with Crippen LogP contribution < -0.4 is 5.32 Å². The Morgan fingerprint density at radius 3 is 2.76 bits per heavy atom. The zero-order chi connectivity index (χ0) is 15.4. The highest BCUT2D eigenvalue weighted by molar-refractivity contribution is 5.99. The molecule has 0 saturated carbocycles. The van der Waals surface area contributed by atoms with Crippen molar-refractivity contribution in [1.82, 2.24) is 10.2 Å². The molecule has 1 heterocycles. The van der Waals surface area contributed by atoms with E-state index in [9.17, 15) is 9.59 Å². The maximum Gasteiger partial charge on any atom is 0.237 e. The van der Waals surface area contributed by atoms with Crippen LogP contribution in [0.5, 0.6) is 0 Å². The first-order chi connectivity index (χ1) is 10.0. The molecule has 1 saturated heterocycles. The molecule has 1 N–H and O–H groups in total. The lowest BCUT2D eigenvalue weighted by atomic mass is 9.98. The van der Waals surface area contributed by atoms with Gasteiger partial charge in [0, 0.05) is 12.6 Å². The van der Waals surface area contributed by atoms with E-state index in [-0.39, 0.29) is 17.7 Å². The first-order valence-corrected chi connectivity index (χ1v) is 7.59. The molecule has 0 aromatic heterocycles. The molecule has 1 fully saturated rings. The molecule has 0 radical (unpaired) electrons. The Morgan fingerprint density at radius 2 is 2.05 bits per heavy atom. The third kappa shape index (κ3) is 3.70. The number of hydrogen-bond acceptors (Lipinski definition) is 3. The molecule has 21 heavy (non-hydrogen) atoms. The van der Waals surface area contributed by atoms with Gasteiger partial charge in [-0.05, 0) is 44.9 Å². The van der Waals surface area contributed by atoms with Crippen molar-refractivity contribution < 1.29 is 9.59 Å². The van der Waals surface area contributed by atoms with E-state index in [0.717, 1.165) is 42.5 Å². The van der Waals surface area contributed by atoms with E-state index in [0.29, 0.717) is 6.54 Å². The number of benzene rings is 1. The minimum absolute atomic E-state index is 0.0171. The first kappa shape index (κ1) is 15.7. The van der Waals surface area contributed by atoms with Crippen molar-refractivity contribution in [3.63, 3.8) is 0 Å². The van der Waals surface area contributed by atoms with Crippen LogP contribution in [0.4, 0.5) is 0 Å².